The predicted octanol–water partition coefficient (Wildman–Crippen LogP) is 5.19. The molecule has 4 rings (SSSR count). The van der Waals surface area contributed by atoms with Crippen molar-refractivity contribution in [2.75, 3.05) is 0 Å². The first kappa shape index (κ1) is 12.0. The van der Waals surface area contributed by atoms with Gasteiger partial charge in [0.1, 0.15) is 0 Å². The van der Waals surface area contributed by atoms with Gasteiger partial charge in [-0.1, -0.05) is 48.0 Å². The standard InChI is InChI=1S/C20H20/c1-14-11-17-13-16-9-5-6-10-18(16)20(19(17)12-14)15-7-3-2-4-8-15/h2-4,7-8,12-13H,5-6,9-11H2,1H3. The van der Waals surface area contributed by atoms with Crippen molar-refractivity contribution in [3.8, 4) is 11.1 Å². The number of benzene rings is 2. The van der Waals surface area contributed by atoms with Crippen LogP contribution in [0.2, 0.25) is 0 Å². The van der Waals surface area contributed by atoms with E-state index in [0.29, 0.717) is 0 Å². The molecule has 0 nitrogen and oxygen atoms in total. The molecule has 0 aromatic heterocycles. The summed E-state index contributed by atoms with van der Waals surface area (Å²) in [7, 11) is 0. The molecule has 0 N–H and O–H groups in total. The van der Waals surface area contributed by atoms with Crippen LogP contribution in [0.15, 0.2) is 42.0 Å². The minimum atomic E-state index is 1.14. The van der Waals surface area contributed by atoms with Crippen molar-refractivity contribution in [2.45, 2.75) is 39.0 Å². The lowest BCUT2D eigenvalue weighted by Crippen LogP contribution is -2.07. The van der Waals surface area contributed by atoms with Crippen molar-refractivity contribution in [1.82, 2.24) is 0 Å². The molecule has 0 aliphatic heterocycles. The van der Waals surface area contributed by atoms with E-state index in [1.54, 1.807) is 16.7 Å². The fraction of sp³-hybridized carbons (Fsp3) is 0.300. The van der Waals surface area contributed by atoms with E-state index in [9.17, 15) is 0 Å². The van der Waals surface area contributed by atoms with Gasteiger partial charge in [-0.15, -0.1) is 0 Å². The van der Waals surface area contributed by atoms with Crippen LogP contribution in [0.5, 0.6) is 0 Å². The van der Waals surface area contributed by atoms with Crippen molar-refractivity contribution in [1.29, 1.82) is 0 Å². The molecule has 2 aromatic carbocycles. The Balaban J connectivity index is 2.02. The van der Waals surface area contributed by atoms with Crippen LogP contribution in [0.4, 0.5) is 0 Å². The molecule has 0 heteroatoms. The highest BCUT2D eigenvalue weighted by Crippen LogP contribution is 2.40. The maximum atomic E-state index is 2.49. The molecule has 20 heavy (non-hydrogen) atoms. The Morgan fingerprint density at radius 3 is 2.55 bits per heavy atom. The minimum Gasteiger partial charge on any atom is -0.0683 e. The molecule has 100 valence electrons. The number of rotatable bonds is 1. The normalized spacial score (nSPS) is 16.6. The molecule has 0 fully saturated rings. The summed E-state index contributed by atoms with van der Waals surface area (Å²) in [4.78, 5) is 0. The molecule has 0 bridgehead atoms. The maximum absolute atomic E-state index is 2.49. The van der Waals surface area contributed by atoms with Crippen LogP contribution in [0, 0.1) is 0 Å². The molecule has 2 aromatic rings. The van der Waals surface area contributed by atoms with E-state index >= 15 is 0 Å². The van der Waals surface area contributed by atoms with E-state index < -0.39 is 0 Å². The van der Waals surface area contributed by atoms with Crippen molar-refractivity contribution in [3.63, 3.8) is 0 Å². The summed E-state index contributed by atoms with van der Waals surface area (Å²) < 4.78 is 0. The van der Waals surface area contributed by atoms with Gasteiger partial charge >= 0.3 is 0 Å². The SMILES string of the molecule is CC1=Cc2c(cc3c(c2-c2ccccc2)CCCC3)C1. The van der Waals surface area contributed by atoms with Gasteiger partial charge in [-0.3, -0.25) is 0 Å². The molecule has 2 aliphatic rings. The summed E-state index contributed by atoms with van der Waals surface area (Å²) in [6, 6.07) is 13.5. The Labute approximate surface area is 121 Å². The molecular weight excluding hydrogens is 240 g/mol. The van der Waals surface area contributed by atoms with Crippen molar-refractivity contribution < 1.29 is 0 Å². The average Bonchev–Trinajstić information content (AvgIpc) is 2.85. The Morgan fingerprint density at radius 1 is 0.900 bits per heavy atom. The third-order valence-electron chi connectivity index (χ3n) is 4.70. The second kappa shape index (κ2) is 4.63. The van der Waals surface area contributed by atoms with Crippen LogP contribution in [0.25, 0.3) is 17.2 Å². The molecular formula is C20H20. The van der Waals surface area contributed by atoms with Gasteiger partial charge in [0.25, 0.3) is 0 Å². The van der Waals surface area contributed by atoms with Gasteiger partial charge in [0.05, 0.1) is 0 Å². The first-order chi connectivity index (χ1) is 9.83. The summed E-state index contributed by atoms with van der Waals surface area (Å²) >= 11 is 0. The number of aryl methyl sites for hydroxylation is 1. The monoisotopic (exact) mass is 260 g/mol. The highest BCUT2D eigenvalue weighted by molar-refractivity contribution is 5.84. The summed E-state index contributed by atoms with van der Waals surface area (Å²) in [6.07, 6.45) is 8.76. The van der Waals surface area contributed by atoms with Crippen LogP contribution >= 0.6 is 0 Å². The fourth-order valence-corrected chi connectivity index (χ4v) is 3.83. The van der Waals surface area contributed by atoms with Crippen LogP contribution in [0.1, 0.15) is 42.0 Å². The predicted molar refractivity (Wildman–Crippen MR) is 85.9 cm³/mol. The van der Waals surface area contributed by atoms with Gasteiger partial charge in [-0.2, -0.15) is 0 Å². The first-order valence-electron chi connectivity index (χ1n) is 7.73. The second-order valence-corrected chi connectivity index (χ2v) is 6.20. The fourth-order valence-electron chi connectivity index (χ4n) is 3.83. The van der Waals surface area contributed by atoms with Crippen molar-refractivity contribution in [3.05, 3.63) is 64.2 Å². The molecule has 0 unspecified atom stereocenters. The summed E-state index contributed by atoms with van der Waals surface area (Å²) in [5.74, 6) is 0. The molecule has 0 amide bonds. The molecule has 0 spiro atoms. The molecule has 0 radical (unpaired) electrons. The van der Waals surface area contributed by atoms with Crippen molar-refractivity contribution in [2.24, 2.45) is 0 Å². The van der Waals surface area contributed by atoms with Gasteiger partial charge in [0, 0.05) is 0 Å². The third-order valence-corrected chi connectivity index (χ3v) is 4.70. The smallest absolute Gasteiger partial charge is 0.00603 e. The quantitative estimate of drug-likeness (QED) is 0.661. The molecule has 0 saturated carbocycles. The highest BCUT2D eigenvalue weighted by atomic mass is 14.3. The van der Waals surface area contributed by atoms with Gasteiger partial charge in [-0.25, -0.2) is 0 Å². The molecule has 0 heterocycles. The van der Waals surface area contributed by atoms with Crippen LogP contribution in [-0.4, -0.2) is 0 Å². The molecule has 0 saturated heterocycles. The lowest BCUT2D eigenvalue weighted by atomic mass is 9.82. The van der Waals surface area contributed by atoms with E-state index in [2.05, 4.69) is 49.4 Å². The average molecular weight is 260 g/mol. The van der Waals surface area contributed by atoms with Gasteiger partial charge in [0.2, 0.25) is 0 Å². The number of hydrogen-bond donors (Lipinski definition) is 0. The Bertz CT molecular complexity index is 690. The second-order valence-electron chi connectivity index (χ2n) is 6.20. The van der Waals surface area contributed by atoms with E-state index in [1.165, 1.54) is 47.9 Å². The van der Waals surface area contributed by atoms with E-state index in [1.807, 2.05) is 0 Å². The Morgan fingerprint density at radius 2 is 1.70 bits per heavy atom. The first-order valence-corrected chi connectivity index (χ1v) is 7.73. The zero-order valence-electron chi connectivity index (χ0n) is 12.1. The number of hydrogen-bond acceptors (Lipinski definition) is 0. The lowest BCUT2D eigenvalue weighted by molar-refractivity contribution is 0.686. The van der Waals surface area contributed by atoms with Gasteiger partial charge < -0.3 is 0 Å². The molecule has 2 aliphatic carbocycles. The minimum absolute atomic E-state index is 1.14. The number of allylic oxidation sites excluding steroid dienone is 1. The third kappa shape index (κ3) is 1.83. The lowest BCUT2D eigenvalue weighted by Gasteiger charge is -2.23. The highest BCUT2D eigenvalue weighted by Gasteiger charge is 2.22. The van der Waals surface area contributed by atoms with Crippen LogP contribution in [0.3, 0.4) is 0 Å². The largest absolute Gasteiger partial charge is 0.0683 e. The summed E-state index contributed by atoms with van der Waals surface area (Å²) in [5.41, 5.74) is 10.7. The Kier molecular flexibility index (Phi) is 2.77. The van der Waals surface area contributed by atoms with E-state index in [4.69, 9.17) is 0 Å². The zero-order chi connectivity index (χ0) is 13.5. The topological polar surface area (TPSA) is 0 Å². The van der Waals surface area contributed by atoms with E-state index in [-0.39, 0.29) is 0 Å². The van der Waals surface area contributed by atoms with Gasteiger partial charge in [0.15, 0.2) is 0 Å². The van der Waals surface area contributed by atoms with Crippen LogP contribution < -0.4 is 0 Å². The summed E-state index contributed by atoms with van der Waals surface area (Å²) in [6.45, 7) is 2.26. The Hall–Kier alpha value is -1.82. The maximum Gasteiger partial charge on any atom is -0.00603 e. The van der Waals surface area contributed by atoms with Crippen LogP contribution in [-0.2, 0) is 19.3 Å². The van der Waals surface area contributed by atoms with E-state index in [0.717, 1.165) is 6.42 Å². The van der Waals surface area contributed by atoms with Crippen molar-refractivity contribution >= 4 is 6.08 Å². The van der Waals surface area contributed by atoms with Gasteiger partial charge in [-0.05, 0) is 72.4 Å². The number of fused-ring (bicyclic) bond motifs is 2. The molecule has 0 atom stereocenters. The summed E-state index contributed by atoms with van der Waals surface area (Å²) in [5, 5.41) is 0. The zero-order valence-corrected chi connectivity index (χ0v) is 12.1.